The second kappa shape index (κ2) is 10.3. The van der Waals surface area contributed by atoms with E-state index in [1.54, 1.807) is 0 Å². The van der Waals surface area contributed by atoms with Crippen LogP contribution in [-0.4, -0.2) is 34.7 Å². The average molecular weight is 472 g/mol. The molecule has 1 aliphatic heterocycles. The molecule has 2 fully saturated rings. The Morgan fingerprint density at radius 2 is 1.81 bits per heavy atom. The fourth-order valence-electron chi connectivity index (χ4n) is 5.00. The molecule has 4 rings (SSSR count). The van der Waals surface area contributed by atoms with Gasteiger partial charge in [-0.3, -0.25) is 0 Å². The number of nitrogens with zero attached hydrogens (tertiary/aromatic N) is 3. The highest BCUT2D eigenvalue weighted by Gasteiger charge is 2.34. The number of hydrogen-bond acceptors (Lipinski definition) is 4. The number of nitrogens with one attached hydrogen (secondary N) is 2. The van der Waals surface area contributed by atoms with E-state index >= 15 is 0 Å². The molecule has 2 N–H and O–H groups in total. The Bertz CT molecular complexity index is 918. The second-order valence-corrected chi connectivity index (χ2v) is 10.4. The number of anilines is 2. The third kappa shape index (κ3) is 5.70. The molecule has 2 heterocycles. The monoisotopic (exact) mass is 471 g/mol. The van der Waals surface area contributed by atoms with Gasteiger partial charge in [0.15, 0.2) is 5.11 Å². The molecule has 2 aromatic rings. The van der Waals surface area contributed by atoms with Crippen molar-refractivity contribution in [1.29, 1.82) is 0 Å². The Balaban J connectivity index is 1.42. The van der Waals surface area contributed by atoms with E-state index in [1.807, 2.05) is 19.1 Å². The van der Waals surface area contributed by atoms with Crippen molar-refractivity contribution in [3.05, 3.63) is 46.6 Å². The fourth-order valence-corrected chi connectivity index (χ4v) is 5.29. The minimum Gasteiger partial charge on any atom is -0.361 e. The van der Waals surface area contributed by atoms with E-state index < -0.39 is 0 Å². The van der Waals surface area contributed by atoms with Gasteiger partial charge < -0.3 is 15.5 Å². The number of halogens is 1. The van der Waals surface area contributed by atoms with E-state index in [2.05, 4.69) is 45.6 Å². The summed E-state index contributed by atoms with van der Waals surface area (Å²) in [6.45, 7) is 7.22. The van der Waals surface area contributed by atoms with E-state index in [-0.39, 0.29) is 5.41 Å². The van der Waals surface area contributed by atoms with E-state index in [0.29, 0.717) is 11.1 Å². The van der Waals surface area contributed by atoms with Gasteiger partial charge in [-0.15, -0.1) is 0 Å². The number of aromatic nitrogens is 2. The lowest BCUT2D eigenvalue weighted by Crippen LogP contribution is -2.43. The van der Waals surface area contributed by atoms with Crippen LogP contribution >= 0.6 is 23.8 Å². The van der Waals surface area contributed by atoms with Crippen molar-refractivity contribution in [2.75, 3.05) is 29.9 Å². The first-order chi connectivity index (χ1) is 15.4. The second-order valence-electron chi connectivity index (χ2n) is 9.52. The maximum Gasteiger partial charge on any atom is 0.231 e. The molecule has 7 heteroatoms. The van der Waals surface area contributed by atoms with Gasteiger partial charge in [0.25, 0.3) is 0 Å². The van der Waals surface area contributed by atoms with Crippen LogP contribution in [0.3, 0.4) is 0 Å². The Morgan fingerprint density at radius 3 is 2.50 bits per heavy atom. The van der Waals surface area contributed by atoms with Gasteiger partial charge in [-0.05, 0) is 68.4 Å². The van der Waals surface area contributed by atoms with Crippen molar-refractivity contribution >= 4 is 40.7 Å². The van der Waals surface area contributed by atoms with Crippen LogP contribution in [-0.2, 0) is 5.41 Å². The molecule has 0 bridgehead atoms. The predicted octanol–water partition coefficient (Wildman–Crippen LogP) is 5.86. The number of benzene rings is 1. The standard InChI is InChI=1S/C25H34ClN5S/c1-18-10-14-31(15-11-18)22-16-19(2)28-23(29-22)30-24(32)27-17-25(12-4-3-5-13-25)20-6-8-21(26)9-7-20/h6-9,16,18H,3-5,10-15,17H2,1-2H3,(H2,27,28,29,30,32). The van der Waals surface area contributed by atoms with Gasteiger partial charge >= 0.3 is 0 Å². The Labute approximate surface area is 202 Å². The molecule has 172 valence electrons. The quantitative estimate of drug-likeness (QED) is 0.532. The zero-order chi connectivity index (χ0) is 22.6. The molecule has 1 saturated heterocycles. The molecular weight excluding hydrogens is 438 g/mol. The first-order valence-corrected chi connectivity index (χ1v) is 12.6. The highest BCUT2D eigenvalue weighted by Crippen LogP contribution is 2.39. The van der Waals surface area contributed by atoms with Gasteiger partial charge in [-0.2, -0.15) is 4.98 Å². The van der Waals surface area contributed by atoms with E-state index in [1.165, 1.54) is 37.7 Å². The van der Waals surface area contributed by atoms with Crippen LogP contribution in [0.4, 0.5) is 11.8 Å². The third-order valence-electron chi connectivity index (χ3n) is 7.03. The van der Waals surface area contributed by atoms with Crippen molar-refractivity contribution in [1.82, 2.24) is 15.3 Å². The lowest BCUT2D eigenvalue weighted by Gasteiger charge is -2.38. The van der Waals surface area contributed by atoms with Crippen LogP contribution in [0.15, 0.2) is 30.3 Å². The third-order valence-corrected chi connectivity index (χ3v) is 7.53. The largest absolute Gasteiger partial charge is 0.361 e. The van der Waals surface area contributed by atoms with Crippen molar-refractivity contribution in [2.45, 2.75) is 64.2 Å². The molecule has 1 aromatic heterocycles. The lowest BCUT2D eigenvalue weighted by molar-refractivity contribution is 0.292. The maximum atomic E-state index is 6.14. The smallest absolute Gasteiger partial charge is 0.231 e. The molecule has 32 heavy (non-hydrogen) atoms. The molecule has 0 spiro atoms. The molecule has 0 amide bonds. The normalized spacial score (nSPS) is 18.9. The topological polar surface area (TPSA) is 53.1 Å². The van der Waals surface area contributed by atoms with Crippen molar-refractivity contribution in [3.63, 3.8) is 0 Å². The Hall–Kier alpha value is -1.92. The number of rotatable bonds is 5. The molecule has 0 radical (unpaired) electrons. The summed E-state index contributed by atoms with van der Waals surface area (Å²) in [5.41, 5.74) is 2.37. The van der Waals surface area contributed by atoms with Crippen molar-refractivity contribution in [3.8, 4) is 0 Å². The molecule has 1 aliphatic carbocycles. The zero-order valence-electron chi connectivity index (χ0n) is 19.2. The van der Waals surface area contributed by atoms with Crippen molar-refractivity contribution in [2.24, 2.45) is 5.92 Å². The van der Waals surface area contributed by atoms with Crippen LogP contribution < -0.4 is 15.5 Å². The van der Waals surface area contributed by atoms with Crippen LogP contribution in [0.5, 0.6) is 0 Å². The maximum absolute atomic E-state index is 6.14. The van der Waals surface area contributed by atoms with Gasteiger partial charge in [-0.1, -0.05) is 49.9 Å². The van der Waals surface area contributed by atoms with Crippen molar-refractivity contribution < 1.29 is 0 Å². The fraction of sp³-hybridized carbons (Fsp3) is 0.560. The number of thiocarbonyl (C=S) groups is 1. The molecule has 0 atom stereocenters. The Kier molecular flexibility index (Phi) is 7.51. The van der Waals surface area contributed by atoms with E-state index in [4.69, 9.17) is 28.8 Å². The van der Waals surface area contributed by atoms with Gasteiger partial charge in [-0.25, -0.2) is 4.98 Å². The number of aryl methyl sites for hydroxylation is 1. The average Bonchev–Trinajstić information content (AvgIpc) is 2.79. The van der Waals surface area contributed by atoms with Crippen LogP contribution in [0.2, 0.25) is 5.02 Å². The van der Waals surface area contributed by atoms with Crippen LogP contribution in [0.25, 0.3) is 0 Å². The molecular formula is C25H34ClN5S. The summed E-state index contributed by atoms with van der Waals surface area (Å²) >= 11 is 11.8. The molecule has 1 saturated carbocycles. The minimum atomic E-state index is 0.0810. The zero-order valence-corrected chi connectivity index (χ0v) is 20.7. The van der Waals surface area contributed by atoms with Crippen LogP contribution in [0, 0.1) is 12.8 Å². The summed E-state index contributed by atoms with van der Waals surface area (Å²) in [5.74, 6) is 2.34. The first kappa shape index (κ1) is 23.2. The summed E-state index contributed by atoms with van der Waals surface area (Å²) in [4.78, 5) is 11.7. The van der Waals surface area contributed by atoms with Gasteiger partial charge in [0, 0.05) is 41.8 Å². The molecule has 5 nitrogen and oxygen atoms in total. The highest BCUT2D eigenvalue weighted by molar-refractivity contribution is 7.80. The number of piperidine rings is 1. The summed E-state index contributed by atoms with van der Waals surface area (Å²) < 4.78 is 0. The predicted molar refractivity (Wildman–Crippen MR) is 138 cm³/mol. The summed E-state index contributed by atoms with van der Waals surface area (Å²) in [7, 11) is 0. The van der Waals surface area contributed by atoms with Crippen LogP contribution in [0.1, 0.15) is 63.1 Å². The summed E-state index contributed by atoms with van der Waals surface area (Å²) in [6.07, 6.45) is 8.50. The van der Waals surface area contributed by atoms with E-state index in [9.17, 15) is 0 Å². The number of hydrogen-bond donors (Lipinski definition) is 2. The minimum absolute atomic E-state index is 0.0810. The summed E-state index contributed by atoms with van der Waals surface area (Å²) in [5, 5.41) is 8.07. The van der Waals surface area contributed by atoms with Gasteiger partial charge in [0.2, 0.25) is 5.95 Å². The lowest BCUT2D eigenvalue weighted by atomic mass is 9.69. The molecule has 2 aliphatic rings. The molecule has 0 unspecified atom stereocenters. The highest BCUT2D eigenvalue weighted by atomic mass is 35.5. The van der Waals surface area contributed by atoms with Gasteiger partial charge in [0.05, 0.1) is 0 Å². The summed E-state index contributed by atoms with van der Waals surface area (Å²) in [6, 6.07) is 10.4. The van der Waals surface area contributed by atoms with Gasteiger partial charge in [0.1, 0.15) is 5.82 Å². The first-order valence-electron chi connectivity index (χ1n) is 11.9. The van der Waals surface area contributed by atoms with E-state index in [0.717, 1.165) is 54.9 Å². The Morgan fingerprint density at radius 1 is 1.12 bits per heavy atom. The molecule has 1 aromatic carbocycles. The SMILES string of the molecule is Cc1cc(N2CCC(C)CC2)nc(NC(=S)NCC2(c3ccc(Cl)cc3)CCCCC2)n1.